The molecule has 2 N–H and O–H groups in total. The van der Waals surface area contributed by atoms with Crippen molar-refractivity contribution in [3.05, 3.63) is 60.3 Å². The summed E-state index contributed by atoms with van der Waals surface area (Å²) in [5.41, 5.74) is 3.39. The number of amides is 2. The van der Waals surface area contributed by atoms with Crippen molar-refractivity contribution in [2.24, 2.45) is 5.92 Å². The standard InChI is InChI=1S/C18H19N5O/c1-12-11-23-9-7-14(10-16(23)20-12)21-18(24)22-17(13-5-6-13)15-4-2-3-8-19-15/h2-4,7-11,13,17H,5-6H2,1H3,(H2,21,22,24). The predicted octanol–water partition coefficient (Wildman–Crippen LogP) is 3.31. The van der Waals surface area contributed by atoms with Crippen LogP contribution in [0.3, 0.4) is 0 Å². The SMILES string of the molecule is Cc1cn2ccc(NC(=O)NC(c3ccccn3)C3CC3)cc2n1. The van der Waals surface area contributed by atoms with E-state index in [1.807, 2.05) is 54.0 Å². The zero-order chi connectivity index (χ0) is 16.5. The van der Waals surface area contributed by atoms with Crippen LogP contribution in [-0.4, -0.2) is 20.4 Å². The van der Waals surface area contributed by atoms with Gasteiger partial charge >= 0.3 is 6.03 Å². The first-order chi connectivity index (χ1) is 11.7. The van der Waals surface area contributed by atoms with Crippen LogP contribution >= 0.6 is 0 Å². The summed E-state index contributed by atoms with van der Waals surface area (Å²) in [6.45, 7) is 1.94. The molecule has 0 radical (unpaired) electrons. The molecule has 24 heavy (non-hydrogen) atoms. The number of nitrogens with zero attached hydrogens (tertiary/aromatic N) is 3. The fourth-order valence-electron chi connectivity index (χ4n) is 2.92. The van der Waals surface area contributed by atoms with Gasteiger partial charge in [-0.2, -0.15) is 0 Å². The molecule has 0 aliphatic heterocycles. The minimum Gasteiger partial charge on any atom is -0.329 e. The molecule has 0 saturated heterocycles. The maximum absolute atomic E-state index is 12.4. The Balaban J connectivity index is 1.48. The number of anilines is 1. The summed E-state index contributed by atoms with van der Waals surface area (Å²) in [6, 6.07) is 9.26. The smallest absolute Gasteiger partial charge is 0.319 e. The van der Waals surface area contributed by atoms with Crippen LogP contribution in [0.4, 0.5) is 10.5 Å². The van der Waals surface area contributed by atoms with Gasteiger partial charge in [-0.3, -0.25) is 4.98 Å². The number of aryl methyl sites for hydroxylation is 1. The highest BCUT2D eigenvalue weighted by Gasteiger charge is 2.34. The zero-order valence-electron chi connectivity index (χ0n) is 13.4. The Morgan fingerprint density at radius 1 is 1.33 bits per heavy atom. The number of aromatic nitrogens is 3. The van der Waals surface area contributed by atoms with Gasteiger partial charge in [-0.1, -0.05) is 6.07 Å². The van der Waals surface area contributed by atoms with E-state index in [0.717, 1.165) is 35.6 Å². The lowest BCUT2D eigenvalue weighted by Crippen LogP contribution is -2.34. The molecule has 3 heterocycles. The lowest BCUT2D eigenvalue weighted by molar-refractivity contribution is 0.246. The minimum atomic E-state index is -0.217. The summed E-state index contributed by atoms with van der Waals surface area (Å²) in [4.78, 5) is 21.2. The van der Waals surface area contributed by atoms with Gasteiger partial charge in [0, 0.05) is 30.3 Å². The molecule has 3 aromatic rings. The second-order valence-corrected chi connectivity index (χ2v) is 6.23. The van der Waals surface area contributed by atoms with E-state index in [-0.39, 0.29) is 12.1 Å². The average Bonchev–Trinajstić information content (AvgIpc) is 3.34. The van der Waals surface area contributed by atoms with Crippen molar-refractivity contribution in [1.29, 1.82) is 0 Å². The molecule has 2 amide bonds. The Bertz CT molecular complexity index is 870. The molecule has 0 aromatic carbocycles. The molecule has 1 unspecified atom stereocenters. The molecular weight excluding hydrogens is 302 g/mol. The molecule has 1 saturated carbocycles. The maximum atomic E-state index is 12.4. The summed E-state index contributed by atoms with van der Waals surface area (Å²) >= 11 is 0. The highest BCUT2D eigenvalue weighted by molar-refractivity contribution is 5.90. The number of pyridine rings is 2. The molecule has 0 bridgehead atoms. The van der Waals surface area contributed by atoms with Gasteiger partial charge in [0.1, 0.15) is 5.65 Å². The van der Waals surface area contributed by atoms with Gasteiger partial charge in [-0.05, 0) is 43.9 Å². The molecule has 4 rings (SSSR count). The Hall–Kier alpha value is -2.89. The highest BCUT2D eigenvalue weighted by atomic mass is 16.2. The fourth-order valence-corrected chi connectivity index (χ4v) is 2.92. The van der Waals surface area contributed by atoms with Crippen molar-refractivity contribution in [3.63, 3.8) is 0 Å². The Morgan fingerprint density at radius 3 is 2.96 bits per heavy atom. The third-order valence-electron chi connectivity index (χ3n) is 4.22. The van der Waals surface area contributed by atoms with E-state index in [0.29, 0.717) is 5.92 Å². The fraction of sp³-hybridized carbons (Fsp3) is 0.278. The second-order valence-electron chi connectivity index (χ2n) is 6.23. The van der Waals surface area contributed by atoms with E-state index >= 15 is 0 Å². The Labute approximate surface area is 139 Å². The van der Waals surface area contributed by atoms with Gasteiger partial charge in [0.25, 0.3) is 0 Å². The number of rotatable bonds is 4. The van der Waals surface area contributed by atoms with Crippen LogP contribution in [0.2, 0.25) is 0 Å². The van der Waals surface area contributed by atoms with Crippen molar-refractivity contribution in [1.82, 2.24) is 19.7 Å². The topological polar surface area (TPSA) is 71.3 Å². The van der Waals surface area contributed by atoms with Crippen LogP contribution in [0.15, 0.2) is 48.9 Å². The van der Waals surface area contributed by atoms with Crippen molar-refractivity contribution in [3.8, 4) is 0 Å². The van der Waals surface area contributed by atoms with Gasteiger partial charge in [0.05, 0.1) is 17.4 Å². The summed E-state index contributed by atoms with van der Waals surface area (Å²) in [6.07, 6.45) is 7.85. The van der Waals surface area contributed by atoms with Gasteiger partial charge < -0.3 is 15.0 Å². The maximum Gasteiger partial charge on any atom is 0.319 e. The minimum absolute atomic E-state index is 0.0383. The molecule has 1 aliphatic rings. The molecule has 6 heteroatoms. The third-order valence-corrected chi connectivity index (χ3v) is 4.22. The van der Waals surface area contributed by atoms with Gasteiger partial charge in [0.15, 0.2) is 0 Å². The first-order valence-electron chi connectivity index (χ1n) is 8.13. The number of hydrogen-bond donors (Lipinski definition) is 2. The number of imidazole rings is 1. The van der Waals surface area contributed by atoms with Crippen molar-refractivity contribution in [2.75, 3.05) is 5.32 Å². The number of fused-ring (bicyclic) bond motifs is 1. The van der Waals surface area contributed by atoms with Crippen molar-refractivity contribution in [2.45, 2.75) is 25.8 Å². The third kappa shape index (κ3) is 3.08. The molecule has 1 atom stereocenters. The van der Waals surface area contributed by atoms with Crippen LogP contribution in [-0.2, 0) is 0 Å². The first-order valence-corrected chi connectivity index (χ1v) is 8.13. The predicted molar refractivity (Wildman–Crippen MR) is 91.8 cm³/mol. The molecule has 1 aliphatic carbocycles. The first kappa shape index (κ1) is 14.7. The second kappa shape index (κ2) is 5.96. The monoisotopic (exact) mass is 321 g/mol. The number of nitrogens with one attached hydrogen (secondary N) is 2. The quantitative estimate of drug-likeness (QED) is 0.774. The molecule has 3 aromatic heterocycles. The van der Waals surface area contributed by atoms with E-state index in [4.69, 9.17) is 0 Å². The Kier molecular flexibility index (Phi) is 3.65. The molecule has 6 nitrogen and oxygen atoms in total. The van der Waals surface area contributed by atoms with Crippen LogP contribution in [0.25, 0.3) is 5.65 Å². The summed E-state index contributed by atoms with van der Waals surface area (Å²) in [5, 5.41) is 5.95. The summed E-state index contributed by atoms with van der Waals surface area (Å²) < 4.78 is 1.93. The van der Waals surface area contributed by atoms with Crippen LogP contribution in [0.1, 0.15) is 30.3 Å². The normalized spacial score (nSPS) is 15.2. The largest absolute Gasteiger partial charge is 0.329 e. The Morgan fingerprint density at radius 2 is 2.21 bits per heavy atom. The van der Waals surface area contributed by atoms with Crippen molar-refractivity contribution < 1.29 is 4.79 Å². The van der Waals surface area contributed by atoms with Gasteiger partial charge in [-0.25, -0.2) is 9.78 Å². The van der Waals surface area contributed by atoms with E-state index in [1.165, 1.54) is 0 Å². The molecule has 0 spiro atoms. The molecule has 122 valence electrons. The van der Waals surface area contributed by atoms with E-state index in [1.54, 1.807) is 6.20 Å². The van der Waals surface area contributed by atoms with E-state index < -0.39 is 0 Å². The van der Waals surface area contributed by atoms with E-state index in [9.17, 15) is 4.79 Å². The molecule has 1 fully saturated rings. The van der Waals surface area contributed by atoms with Crippen LogP contribution < -0.4 is 10.6 Å². The zero-order valence-corrected chi connectivity index (χ0v) is 13.4. The number of carbonyl (C=O) groups is 1. The average molecular weight is 321 g/mol. The molecular formula is C18H19N5O. The van der Waals surface area contributed by atoms with Crippen molar-refractivity contribution >= 4 is 17.4 Å². The van der Waals surface area contributed by atoms with Gasteiger partial charge in [-0.15, -0.1) is 0 Å². The number of urea groups is 1. The lowest BCUT2D eigenvalue weighted by Gasteiger charge is -2.18. The number of hydrogen-bond acceptors (Lipinski definition) is 3. The summed E-state index contributed by atoms with van der Waals surface area (Å²) in [7, 11) is 0. The lowest BCUT2D eigenvalue weighted by atomic mass is 10.1. The van der Waals surface area contributed by atoms with Gasteiger partial charge in [0.2, 0.25) is 0 Å². The van der Waals surface area contributed by atoms with Crippen LogP contribution in [0, 0.1) is 12.8 Å². The summed E-state index contributed by atoms with van der Waals surface area (Å²) in [5.74, 6) is 0.475. The van der Waals surface area contributed by atoms with Crippen LogP contribution in [0.5, 0.6) is 0 Å². The highest BCUT2D eigenvalue weighted by Crippen LogP contribution is 2.40. The van der Waals surface area contributed by atoms with E-state index in [2.05, 4.69) is 20.6 Å². The number of carbonyl (C=O) groups excluding carboxylic acids is 1.